The molecule has 0 aliphatic rings. The number of furan rings is 1. The second-order valence-corrected chi connectivity index (χ2v) is 6.92. The Morgan fingerprint density at radius 1 is 0.792 bits per heavy atom. The third kappa shape index (κ3) is 1.66. The van der Waals surface area contributed by atoms with Crippen LogP contribution >= 0.6 is 0 Å². The van der Waals surface area contributed by atoms with Crippen molar-refractivity contribution in [2.24, 2.45) is 7.05 Å². The summed E-state index contributed by atoms with van der Waals surface area (Å²) in [4.78, 5) is 0. The summed E-state index contributed by atoms with van der Waals surface area (Å²) in [7, 11) is 2.13. The first-order chi connectivity index (χ1) is 11.6. The Hall–Kier alpha value is -2.74. The average molecular weight is 313 g/mol. The van der Waals surface area contributed by atoms with Gasteiger partial charge < -0.3 is 8.98 Å². The zero-order valence-corrected chi connectivity index (χ0v) is 14.1. The van der Waals surface area contributed by atoms with Crippen molar-refractivity contribution in [1.29, 1.82) is 0 Å². The summed E-state index contributed by atoms with van der Waals surface area (Å²) in [6.07, 6.45) is 0. The quantitative estimate of drug-likeness (QED) is 0.352. The minimum absolute atomic E-state index is 0.500. The third-order valence-electron chi connectivity index (χ3n) is 5.20. The predicted molar refractivity (Wildman–Crippen MR) is 102 cm³/mol. The highest BCUT2D eigenvalue weighted by Crippen LogP contribution is 2.39. The summed E-state index contributed by atoms with van der Waals surface area (Å²) in [6, 6.07) is 19.5. The highest BCUT2D eigenvalue weighted by Gasteiger charge is 2.16. The Labute approximate surface area is 140 Å². The third-order valence-corrected chi connectivity index (χ3v) is 5.20. The first kappa shape index (κ1) is 13.7. The number of hydrogen-bond donors (Lipinski definition) is 0. The number of aromatic nitrogens is 1. The van der Waals surface area contributed by atoms with Crippen LogP contribution in [0.5, 0.6) is 0 Å². The van der Waals surface area contributed by atoms with Gasteiger partial charge in [0.2, 0.25) is 0 Å². The number of para-hydroxylation sites is 1. The lowest BCUT2D eigenvalue weighted by molar-refractivity contribution is 0.667. The van der Waals surface area contributed by atoms with Gasteiger partial charge in [-0.05, 0) is 35.7 Å². The molecular formula is C22H19NO. The lowest BCUT2D eigenvalue weighted by Gasteiger charge is -2.03. The van der Waals surface area contributed by atoms with E-state index in [-0.39, 0.29) is 0 Å². The first-order valence-electron chi connectivity index (χ1n) is 8.47. The van der Waals surface area contributed by atoms with E-state index in [4.69, 9.17) is 4.42 Å². The van der Waals surface area contributed by atoms with Crippen LogP contribution in [0.25, 0.3) is 43.7 Å². The number of fused-ring (bicyclic) bond motifs is 7. The van der Waals surface area contributed by atoms with Crippen LogP contribution in [0.15, 0.2) is 59.0 Å². The maximum Gasteiger partial charge on any atom is 0.136 e. The average Bonchev–Trinajstić information content (AvgIpc) is 3.10. The van der Waals surface area contributed by atoms with Crippen molar-refractivity contribution >= 4 is 43.7 Å². The van der Waals surface area contributed by atoms with E-state index in [9.17, 15) is 0 Å². The minimum Gasteiger partial charge on any atom is -0.456 e. The molecule has 0 N–H and O–H groups in total. The van der Waals surface area contributed by atoms with Crippen LogP contribution in [0.3, 0.4) is 0 Å². The summed E-state index contributed by atoms with van der Waals surface area (Å²) in [5.41, 5.74) is 5.77. The molecule has 0 atom stereocenters. The molecule has 3 aromatic carbocycles. The molecule has 0 bridgehead atoms. The summed E-state index contributed by atoms with van der Waals surface area (Å²) >= 11 is 0. The van der Waals surface area contributed by atoms with E-state index in [0.29, 0.717) is 5.92 Å². The largest absolute Gasteiger partial charge is 0.456 e. The molecule has 0 aliphatic carbocycles. The summed E-state index contributed by atoms with van der Waals surface area (Å²) < 4.78 is 8.47. The van der Waals surface area contributed by atoms with Gasteiger partial charge in [-0.1, -0.05) is 44.2 Å². The van der Waals surface area contributed by atoms with Crippen molar-refractivity contribution in [3.63, 3.8) is 0 Å². The van der Waals surface area contributed by atoms with Gasteiger partial charge in [0.15, 0.2) is 0 Å². The monoisotopic (exact) mass is 313 g/mol. The molecule has 2 heterocycles. The van der Waals surface area contributed by atoms with Crippen molar-refractivity contribution in [3.8, 4) is 0 Å². The zero-order valence-electron chi connectivity index (χ0n) is 14.1. The van der Waals surface area contributed by atoms with Gasteiger partial charge in [0, 0.05) is 39.6 Å². The maximum absolute atomic E-state index is 6.20. The van der Waals surface area contributed by atoms with E-state index in [1.54, 1.807) is 0 Å². The zero-order chi connectivity index (χ0) is 16.4. The topological polar surface area (TPSA) is 18.1 Å². The molecule has 24 heavy (non-hydrogen) atoms. The number of aryl methyl sites for hydroxylation is 1. The van der Waals surface area contributed by atoms with Crippen LogP contribution in [-0.4, -0.2) is 4.57 Å². The molecule has 5 rings (SSSR count). The van der Waals surface area contributed by atoms with Gasteiger partial charge in [-0.3, -0.25) is 0 Å². The second-order valence-electron chi connectivity index (χ2n) is 6.92. The molecule has 118 valence electrons. The van der Waals surface area contributed by atoms with Gasteiger partial charge in [-0.2, -0.15) is 0 Å². The highest BCUT2D eigenvalue weighted by molar-refractivity contribution is 6.26. The highest BCUT2D eigenvalue weighted by atomic mass is 16.3. The van der Waals surface area contributed by atoms with Gasteiger partial charge in [-0.15, -0.1) is 0 Å². The standard InChI is InChI=1S/C22H19NO/c1-13(2)14-8-9-16-20(12-14)24-19-11-10-18-21(22(16)19)15-6-4-5-7-17(15)23(18)3/h4-13H,1-3H3. The number of rotatable bonds is 1. The molecule has 2 heteroatoms. The molecule has 0 saturated carbocycles. The number of nitrogens with zero attached hydrogens (tertiary/aromatic N) is 1. The molecule has 0 radical (unpaired) electrons. The lowest BCUT2D eigenvalue weighted by Crippen LogP contribution is -1.85. The van der Waals surface area contributed by atoms with Gasteiger partial charge in [0.1, 0.15) is 11.2 Å². The Kier molecular flexibility index (Phi) is 2.64. The minimum atomic E-state index is 0.500. The summed E-state index contributed by atoms with van der Waals surface area (Å²) in [5, 5.41) is 5.02. The summed E-state index contributed by atoms with van der Waals surface area (Å²) in [6.45, 7) is 4.43. The summed E-state index contributed by atoms with van der Waals surface area (Å²) in [5.74, 6) is 0.500. The Bertz CT molecular complexity index is 1240. The molecule has 0 unspecified atom stereocenters. The smallest absolute Gasteiger partial charge is 0.136 e. The molecule has 2 nitrogen and oxygen atoms in total. The fourth-order valence-electron chi connectivity index (χ4n) is 3.89. The molecule has 5 aromatic rings. The molecule has 0 fully saturated rings. The van der Waals surface area contributed by atoms with E-state index in [1.807, 2.05) is 0 Å². The van der Waals surface area contributed by atoms with Crippen LogP contribution < -0.4 is 0 Å². The molecular weight excluding hydrogens is 294 g/mol. The van der Waals surface area contributed by atoms with E-state index in [2.05, 4.69) is 80.1 Å². The van der Waals surface area contributed by atoms with Crippen LogP contribution in [0.4, 0.5) is 0 Å². The number of benzene rings is 3. The molecule has 0 spiro atoms. The Balaban J connectivity index is 2.03. The molecule has 2 aromatic heterocycles. The van der Waals surface area contributed by atoms with Crippen molar-refractivity contribution in [1.82, 2.24) is 4.57 Å². The predicted octanol–water partition coefficient (Wildman–Crippen LogP) is 6.35. The molecule has 0 aliphatic heterocycles. The normalized spacial score (nSPS) is 12.3. The van der Waals surface area contributed by atoms with Crippen molar-refractivity contribution in [2.75, 3.05) is 0 Å². The van der Waals surface area contributed by atoms with Crippen LogP contribution in [0.1, 0.15) is 25.3 Å². The van der Waals surface area contributed by atoms with E-state index >= 15 is 0 Å². The maximum atomic E-state index is 6.20. The van der Waals surface area contributed by atoms with E-state index < -0.39 is 0 Å². The van der Waals surface area contributed by atoms with Crippen molar-refractivity contribution < 1.29 is 4.42 Å². The fraction of sp³-hybridized carbons (Fsp3) is 0.182. The van der Waals surface area contributed by atoms with Crippen LogP contribution in [0.2, 0.25) is 0 Å². The SMILES string of the molecule is CC(C)c1ccc2c(c1)oc1ccc3c(c4ccccc4n3C)c12. The van der Waals surface area contributed by atoms with Crippen LogP contribution in [0, 0.1) is 0 Å². The number of hydrogen-bond acceptors (Lipinski definition) is 1. The molecule has 0 amide bonds. The van der Waals surface area contributed by atoms with Gasteiger partial charge >= 0.3 is 0 Å². The van der Waals surface area contributed by atoms with E-state index in [1.165, 1.54) is 38.1 Å². The van der Waals surface area contributed by atoms with Gasteiger partial charge in [0.05, 0.1) is 0 Å². The van der Waals surface area contributed by atoms with Crippen molar-refractivity contribution in [2.45, 2.75) is 19.8 Å². The van der Waals surface area contributed by atoms with Crippen LogP contribution in [-0.2, 0) is 7.05 Å². The Morgan fingerprint density at radius 3 is 2.46 bits per heavy atom. The molecule has 0 saturated heterocycles. The first-order valence-corrected chi connectivity index (χ1v) is 8.47. The van der Waals surface area contributed by atoms with Gasteiger partial charge in [-0.25, -0.2) is 0 Å². The van der Waals surface area contributed by atoms with E-state index in [0.717, 1.165) is 11.2 Å². The Morgan fingerprint density at radius 2 is 1.62 bits per heavy atom. The second kappa shape index (κ2) is 4.64. The lowest BCUT2D eigenvalue weighted by atomic mass is 10.00. The van der Waals surface area contributed by atoms with Crippen molar-refractivity contribution in [3.05, 3.63) is 60.2 Å². The van der Waals surface area contributed by atoms with Gasteiger partial charge in [0.25, 0.3) is 0 Å². The fourth-order valence-corrected chi connectivity index (χ4v) is 3.89.